The molecule has 0 saturated carbocycles. The lowest BCUT2D eigenvalue weighted by molar-refractivity contribution is -0.140. The minimum Gasteiger partial charge on any atom is -0.507 e. The van der Waals surface area contributed by atoms with Gasteiger partial charge in [0.05, 0.1) is 17.7 Å². The maximum Gasteiger partial charge on any atom is 0.295 e. The van der Waals surface area contributed by atoms with Crippen LogP contribution in [0.1, 0.15) is 29.5 Å². The van der Waals surface area contributed by atoms with Gasteiger partial charge in [-0.2, -0.15) is 0 Å². The molecule has 7 nitrogen and oxygen atoms in total. The highest BCUT2D eigenvalue weighted by molar-refractivity contribution is 6.46. The van der Waals surface area contributed by atoms with E-state index >= 15 is 0 Å². The van der Waals surface area contributed by atoms with E-state index in [2.05, 4.69) is 0 Å². The molecule has 30 heavy (non-hydrogen) atoms. The van der Waals surface area contributed by atoms with Crippen molar-refractivity contribution in [2.24, 2.45) is 0 Å². The molecule has 2 aromatic rings. The van der Waals surface area contributed by atoms with Gasteiger partial charge in [0, 0.05) is 12.1 Å². The van der Waals surface area contributed by atoms with Crippen LogP contribution in [0.4, 0.5) is 0 Å². The molecule has 1 saturated heterocycles. The number of furan rings is 1. The highest BCUT2D eigenvalue weighted by Gasteiger charge is 2.47. The van der Waals surface area contributed by atoms with Crippen LogP contribution in [0.2, 0.25) is 5.02 Å². The number of ketones is 1. The number of nitrogens with zero attached hydrogens (tertiary/aromatic N) is 2. The summed E-state index contributed by atoms with van der Waals surface area (Å²) in [5, 5.41) is 11.3. The quantitative estimate of drug-likeness (QED) is 0.408. The number of halogens is 1. The first kappa shape index (κ1) is 21.9. The van der Waals surface area contributed by atoms with Gasteiger partial charge in [-0.25, -0.2) is 0 Å². The summed E-state index contributed by atoms with van der Waals surface area (Å²) in [5.74, 6) is -0.186. The fraction of sp³-hybridized carbons (Fsp3) is 0.364. The molecular formula is C22H25ClN2O5. The molecule has 3 rings (SSSR count). The van der Waals surface area contributed by atoms with E-state index in [0.717, 1.165) is 6.54 Å². The van der Waals surface area contributed by atoms with Crippen LogP contribution in [0.3, 0.4) is 0 Å². The van der Waals surface area contributed by atoms with Crippen molar-refractivity contribution in [1.82, 2.24) is 9.80 Å². The number of Topliss-reactive ketones (excluding diaryl/α,β-unsaturated/α-hetero) is 1. The number of aliphatic hydroxyl groups excluding tert-OH is 1. The van der Waals surface area contributed by atoms with E-state index in [1.54, 1.807) is 31.2 Å². The van der Waals surface area contributed by atoms with Crippen molar-refractivity contribution in [3.8, 4) is 5.75 Å². The monoisotopic (exact) mass is 432 g/mol. The molecule has 1 aromatic carbocycles. The zero-order valence-corrected chi connectivity index (χ0v) is 18.2. The Morgan fingerprint density at radius 1 is 1.27 bits per heavy atom. The standard InChI is InChI=1S/C22H25ClN2O5/c1-13-6-8-17(30-13)19-18(20(26)14-7-9-16(29-4)15(23)12-14)21(27)22(28)25(19)11-5-10-24(2)3/h6-9,12,19,26H,5,10-11H2,1-4H3/b20-18-/t19-/m0/s1. The Kier molecular flexibility index (Phi) is 6.53. The van der Waals surface area contributed by atoms with Gasteiger partial charge < -0.3 is 24.1 Å². The summed E-state index contributed by atoms with van der Waals surface area (Å²) in [6.07, 6.45) is 0.671. The summed E-state index contributed by atoms with van der Waals surface area (Å²) in [6, 6.07) is 7.36. The molecule has 2 heterocycles. The second-order valence-corrected chi connectivity index (χ2v) is 7.85. The number of carbonyl (C=O) groups is 2. The smallest absolute Gasteiger partial charge is 0.295 e. The van der Waals surface area contributed by atoms with Gasteiger partial charge in [-0.3, -0.25) is 9.59 Å². The van der Waals surface area contributed by atoms with Crippen molar-refractivity contribution in [3.63, 3.8) is 0 Å². The van der Waals surface area contributed by atoms with Crippen LogP contribution in [0.5, 0.6) is 5.75 Å². The Balaban J connectivity index is 2.08. The average molecular weight is 433 g/mol. The predicted octanol–water partition coefficient (Wildman–Crippen LogP) is 3.62. The van der Waals surface area contributed by atoms with Crippen molar-refractivity contribution >= 4 is 29.1 Å². The van der Waals surface area contributed by atoms with Crippen LogP contribution in [0.15, 0.2) is 40.3 Å². The normalized spacial score (nSPS) is 18.5. The largest absolute Gasteiger partial charge is 0.507 e. The number of benzene rings is 1. The highest BCUT2D eigenvalue weighted by atomic mass is 35.5. The van der Waals surface area contributed by atoms with E-state index in [4.69, 9.17) is 20.8 Å². The number of aryl methyl sites for hydroxylation is 1. The van der Waals surface area contributed by atoms with E-state index in [-0.39, 0.29) is 16.4 Å². The summed E-state index contributed by atoms with van der Waals surface area (Å²) in [7, 11) is 5.36. The van der Waals surface area contributed by atoms with Crippen molar-refractivity contribution in [2.45, 2.75) is 19.4 Å². The molecule has 0 radical (unpaired) electrons. The summed E-state index contributed by atoms with van der Waals surface area (Å²) in [5.41, 5.74) is 0.306. The highest BCUT2D eigenvalue weighted by Crippen LogP contribution is 2.40. The molecule has 1 aliphatic rings. The van der Waals surface area contributed by atoms with Gasteiger partial charge in [0.1, 0.15) is 29.1 Å². The SMILES string of the molecule is COc1ccc(/C(O)=C2/C(=O)C(=O)N(CCCN(C)C)[C@H]2c2ccc(C)o2)cc1Cl. The Labute approximate surface area is 180 Å². The summed E-state index contributed by atoms with van der Waals surface area (Å²) in [6.45, 7) is 2.89. The van der Waals surface area contributed by atoms with Gasteiger partial charge in [-0.05, 0) is 64.3 Å². The zero-order chi connectivity index (χ0) is 22.0. The first-order chi connectivity index (χ1) is 14.2. The average Bonchev–Trinajstić information content (AvgIpc) is 3.23. The molecule has 1 atom stereocenters. The third-order valence-corrected chi connectivity index (χ3v) is 5.30. The fourth-order valence-electron chi connectivity index (χ4n) is 3.53. The lowest BCUT2D eigenvalue weighted by atomic mass is 9.99. The third-order valence-electron chi connectivity index (χ3n) is 5.00. The summed E-state index contributed by atoms with van der Waals surface area (Å²) >= 11 is 6.18. The van der Waals surface area contributed by atoms with E-state index in [1.807, 2.05) is 19.0 Å². The fourth-order valence-corrected chi connectivity index (χ4v) is 3.79. The van der Waals surface area contributed by atoms with Crippen LogP contribution in [-0.2, 0) is 9.59 Å². The maximum absolute atomic E-state index is 12.9. The minimum absolute atomic E-state index is 0.0135. The van der Waals surface area contributed by atoms with E-state index in [9.17, 15) is 14.7 Å². The lowest BCUT2D eigenvalue weighted by Crippen LogP contribution is -2.32. The first-order valence-corrected chi connectivity index (χ1v) is 9.95. The van der Waals surface area contributed by atoms with Crippen molar-refractivity contribution < 1.29 is 23.8 Å². The zero-order valence-electron chi connectivity index (χ0n) is 17.4. The van der Waals surface area contributed by atoms with Crippen molar-refractivity contribution in [1.29, 1.82) is 0 Å². The number of amides is 1. The number of ether oxygens (including phenoxy) is 1. The van der Waals surface area contributed by atoms with Crippen molar-refractivity contribution in [3.05, 3.63) is 58.0 Å². The number of rotatable bonds is 7. The molecule has 1 aromatic heterocycles. The number of hydrogen-bond acceptors (Lipinski definition) is 6. The van der Waals surface area contributed by atoms with E-state index in [0.29, 0.717) is 35.8 Å². The minimum atomic E-state index is -0.804. The molecule has 0 aliphatic carbocycles. The van der Waals surface area contributed by atoms with Gasteiger partial charge in [0.15, 0.2) is 0 Å². The second kappa shape index (κ2) is 8.93. The predicted molar refractivity (Wildman–Crippen MR) is 114 cm³/mol. The van der Waals surface area contributed by atoms with Crippen LogP contribution >= 0.6 is 11.6 Å². The lowest BCUT2D eigenvalue weighted by Gasteiger charge is -2.24. The molecular weight excluding hydrogens is 408 g/mol. The molecule has 1 fully saturated rings. The summed E-state index contributed by atoms with van der Waals surface area (Å²) in [4.78, 5) is 29.2. The Morgan fingerprint density at radius 3 is 2.57 bits per heavy atom. The molecule has 0 unspecified atom stereocenters. The van der Waals surface area contributed by atoms with Crippen LogP contribution in [0, 0.1) is 6.92 Å². The third kappa shape index (κ3) is 4.22. The molecule has 1 N–H and O–H groups in total. The number of methoxy groups -OCH3 is 1. The second-order valence-electron chi connectivity index (χ2n) is 7.45. The number of carbonyl (C=O) groups excluding carboxylic acids is 2. The van der Waals surface area contributed by atoms with Crippen LogP contribution in [-0.4, -0.2) is 60.9 Å². The number of likely N-dealkylation sites (tertiary alicyclic amines) is 1. The molecule has 0 spiro atoms. The topological polar surface area (TPSA) is 83.2 Å². The molecule has 8 heteroatoms. The Morgan fingerprint density at radius 2 is 2.00 bits per heavy atom. The van der Waals surface area contributed by atoms with Gasteiger partial charge in [-0.1, -0.05) is 11.6 Å². The Bertz CT molecular complexity index is 995. The molecule has 0 bridgehead atoms. The number of aliphatic hydroxyl groups is 1. The van der Waals surface area contributed by atoms with Gasteiger partial charge in [0.25, 0.3) is 11.7 Å². The molecule has 160 valence electrons. The molecule has 1 aliphatic heterocycles. The van der Waals surface area contributed by atoms with Crippen LogP contribution in [0.25, 0.3) is 5.76 Å². The van der Waals surface area contributed by atoms with Gasteiger partial charge in [-0.15, -0.1) is 0 Å². The first-order valence-electron chi connectivity index (χ1n) is 9.58. The maximum atomic E-state index is 12.9. The molecule has 1 amide bonds. The van der Waals surface area contributed by atoms with Crippen molar-refractivity contribution in [2.75, 3.05) is 34.3 Å². The Hall–Kier alpha value is -2.77. The van der Waals surface area contributed by atoms with Gasteiger partial charge in [0.2, 0.25) is 0 Å². The van der Waals surface area contributed by atoms with E-state index in [1.165, 1.54) is 18.1 Å². The van der Waals surface area contributed by atoms with E-state index < -0.39 is 17.7 Å². The van der Waals surface area contributed by atoms with Gasteiger partial charge >= 0.3 is 0 Å². The van der Waals surface area contributed by atoms with Crippen LogP contribution < -0.4 is 4.74 Å². The number of hydrogen-bond donors (Lipinski definition) is 1. The summed E-state index contributed by atoms with van der Waals surface area (Å²) < 4.78 is 10.9.